The number of rotatable bonds is 5. The van der Waals surface area contributed by atoms with E-state index in [1.807, 2.05) is 32.2 Å². The fourth-order valence-corrected chi connectivity index (χ4v) is 3.69. The van der Waals surface area contributed by atoms with Gasteiger partial charge in [0.2, 0.25) is 0 Å². The number of hydrogen-bond acceptors (Lipinski definition) is 3. The van der Waals surface area contributed by atoms with E-state index in [1.54, 1.807) is 11.3 Å². The molecule has 1 amide bonds. The van der Waals surface area contributed by atoms with Gasteiger partial charge in [0, 0.05) is 13.0 Å². The van der Waals surface area contributed by atoms with Crippen molar-refractivity contribution < 1.29 is 14.7 Å². The van der Waals surface area contributed by atoms with Crippen LogP contribution < -0.4 is 5.06 Å². The molecule has 0 bridgehead atoms. The third kappa shape index (κ3) is 5.64. The SMILES string of the molecule is CC(C)(C)ON(C(=O)O)c1ccsc1CC[Si](C)(C)C. The van der Waals surface area contributed by atoms with E-state index < -0.39 is 19.8 Å². The summed E-state index contributed by atoms with van der Waals surface area (Å²) in [6, 6.07) is 2.97. The van der Waals surface area contributed by atoms with E-state index in [0.717, 1.165) is 22.4 Å². The fraction of sp³-hybridized carbons (Fsp3) is 0.643. The summed E-state index contributed by atoms with van der Waals surface area (Å²) < 4.78 is 0. The van der Waals surface area contributed by atoms with E-state index in [4.69, 9.17) is 4.84 Å². The Morgan fingerprint density at radius 1 is 1.40 bits per heavy atom. The number of amides is 1. The van der Waals surface area contributed by atoms with Crippen molar-refractivity contribution in [1.82, 2.24) is 0 Å². The number of carbonyl (C=O) groups is 1. The Bertz CT molecular complexity index is 460. The number of nitrogens with zero attached hydrogens (tertiary/aromatic N) is 1. The van der Waals surface area contributed by atoms with Gasteiger partial charge in [-0.15, -0.1) is 11.3 Å². The van der Waals surface area contributed by atoms with Gasteiger partial charge < -0.3 is 5.11 Å². The first-order chi connectivity index (χ1) is 8.99. The lowest BCUT2D eigenvalue weighted by molar-refractivity contribution is -0.0157. The normalized spacial score (nSPS) is 12.5. The smallest absolute Gasteiger partial charge is 0.436 e. The van der Waals surface area contributed by atoms with Crippen molar-refractivity contribution in [2.45, 2.75) is 58.5 Å². The van der Waals surface area contributed by atoms with Crippen molar-refractivity contribution in [2.24, 2.45) is 0 Å². The van der Waals surface area contributed by atoms with Crippen LogP contribution in [0.4, 0.5) is 10.5 Å². The summed E-state index contributed by atoms with van der Waals surface area (Å²) in [5.74, 6) is 0. The van der Waals surface area contributed by atoms with Crippen LogP contribution in [0.3, 0.4) is 0 Å². The first kappa shape index (κ1) is 17.2. The van der Waals surface area contributed by atoms with Gasteiger partial charge in [-0.2, -0.15) is 5.06 Å². The molecule has 0 aliphatic carbocycles. The minimum atomic E-state index is -1.15. The van der Waals surface area contributed by atoms with Crippen LogP contribution in [0.25, 0.3) is 0 Å². The van der Waals surface area contributed by atoms with Crippen LogP contribution in [0, 0.1) is 0 Å². The Hall–Kier alpha value is -0.853. The number of hydrogen-bond donors (Lipinski definition) is 1. The van der Waals surface area contributed by atoms with Gasteiger partial charge in [0.05, 0.1) is 11.3 Å². The molecule has 1 aromatic rings. The zero-order chi connectivity index (χ0) is 15.6. The lowest BCUT2D eigenvalue weighted by Gasteiger charge is -2.28. The van der Waals surface area contributed by atoms with Crippen LogP contribution in [0.5, 0.6) is 0 Å². The van der Waals surface area contributed by atoms with Crippen LogP contribution in [0.2, 0.25) is 25.7 Å². The minimum Gasteiger partial charge on any atom is -0.463 e. The highest BCUT2D eigenvalue weighted by Crippen LogP contribution is 2.31. The minimum absolute atomic E-state index is 0.545. The van der Waals surface area contributed by atoms with Gasteiger partial charge in [0.25, 0.3) is 0 Å². The van der Waals surface area contributed by atoms with Crippen LogP contribution in [0.15, 0.2) is 11.4 Å². The molecule has 0 aliphatic heterocycles. The van der Waals surface area contributed by atoms with Crippen LogP contribution in [-0.2, 0) is 11.3 Å². The number of thiophene rings is 1. The maximum Gasteiger partial charge on any atom is 0.436 e. The Balaban J connectivity index is 2.93. The second-order valence-electron chi connectivity index (χ2n) is 7.07. The lowest BCUT2D eigenvalue weighted by atomic mass is 10.2. The molecule has 0 aliphatic rings. The summed E-state index contributed by atoms with van der Waals surface area (Å²) in [7, 11) is -1.15. The Morgan fingerprint density at radius 3 is 2.45 bits per heavy atom. The lowest BCUT2D eigenvalue weighted by Crippen LogP contribution is -2.38. The van der Waals surface area contributed by atoms with Crippen molar-refractivity contribution in [3.8, 4) is 0 Å². The van der Waals surface area contributed by atoms with Gasteiger partial charge >= 0.3 is 6.09 Å². The molecule has 6 heteroatoms. The molecule has 0 unspecified atom stereocenters. The Labute approximate surface area is 126 Å². The van der Waals surface area contributed by atoms with Gasteiger partial charge in [0.1, 0.15) is 0 Å². The summed E-state index contributed by atoms with van der Waals surface area (Å²) in [6.45, 7) is 12.5. The Kier molecular flexibility index (Phi) is 5.40. The predicted molar refractivity (Wildman–Crippen MR) is 87.5 cm³/mol. The van der Waals surface area contributed by atoms with E-state index >= 15 is 0 Å². The largest absolute Gasteiger partial charge is 0.463 e. The third-order valence-corrected chi connectivity index (χ3v) is 5.30. The second kappa shape index (κ2) is 6.28. The summed E-state index contributed by atoms with van der Waals surface area (Å²) in [4.78, 5) is 18.1. The van der Waals surface area contributed by atoms with Crippen molar-refractivity contribution in [3.63, 3.8) is 0 Å². The number of anilines is 1. The molecule has 4 nitrogen and oxygen atoms in total. The topological polar surface area (TPSA) is 49.8 Å². The molecule has 0 fully saturated rings. The number of hydroxylamine groups is 1. The molecule has 0 spiro atoms. The predicted octanol–water partition coefficient (Wildman–Crippen LogP) is 4.84. The maximum absolute atomic E-state index is 11.4. The van der Waals surface area contributed by atoms with Gasteiger partial charge in [-0.3, -0.25) is 4.84 Å². The number of carboxylic acid groups (broad SMARTS) is 1. The molecular formula is C14H25NO3SSi. The van der Waals surface area contributed by atoms with Crippen LogP contribution >= 0.6 is 11.3 Å². The molecule has 0 aromatic carbocycles. The molecule has 1 heterocycles. The van der Waals surface area contributed by atoms with E-state index in [2.05, 4.69) is 19.6 Å². The highest BCUT2D eigenvalue weighted by Gasteiger charge is 2.26. The van der Waals surface area contributed by atoms with Crippen LogP contribution in [0.1, 0.15) is 25.6 Å². The van der Waals surface area contributed by atoms with Crippen molar-refractivity contribution >= 4 is 31.2 Å². The maximum atomic E-state index is 11.4. The molecule has 0 radical (unpaired) electrons. The first-order valence-corrected chi connectivity index (χ1v) is 11.4. The average molecular weight is 316 g/mol. The highest BCUT2D eigenvalue weighted by atomic mass is 32.1. The molecule has 1 rings (SSSR count). The van der Waals surface area contributed by atoms with Crippen molar-refractivity contribution in [3.05, 3.63) is 16.3 Å². The number of aryl methyl sites for hydroxylation is 1. The first-order valence-electron chi connectivity index (χ1n) is 6.78. The molecule has 114 valence electrons. The summed E-state index contributed by atoms with van der Waals surface area (Å²) >= 11 is 1.60. The summed E-state index contributed by atoms with van der Waals surface area (Å²) in [6.07, 6.45) is -0.160. The van der Waals surface area contributed by atoms with Crippen molar-refractivity contribution in [2.75, 3.05) is 5.06 Å². The van der Waals surface area contributed by atoms with Gasteiger partial charge in [-0.1, -0.05) is 25.7 Å². The van der Waals surface area contributed by atoms with E-state index in [1.165, 1.54) is 0 Å². The zero-order valence-corrected chi connectivity index (χ0v) is 15.0. The molecule has 0 atom stereocenters. The molecule has 1 aromatic heterocycles. The average Bonchev–Trinajstić information content (AvgIpc) is 2.68. The van der Waals surface area contributed by atoms with Gasteiger partial charge in [-0.25, -0.2) is 4.79 Å². The van der Waals surface area contributed by atoms with Crippen LogP contribution in [-0.4, -0.2) is 24.9 Å². The highest BCUT2D eigenvalue weighted by molar-refractivity contribution is 7.10. The molecule has 0 saturated carbocycles. The fourth-order valence-electron chi connectivity index (χ4n) is 1.66. The third-order valence-electron chi connectivity index (χ3n) is 2.58. The summed E-state index contributed by atoms with van der Waals surface area (Å²) in [5.41, 5.74) is 0.117. The Morgan fingerprint density at radius 2 is 2.00 bits per heavy atom. The molecular weight excluding hydrogens is 290 g/mol. The van der Waals surface area contributed by atoms with E-state index in [9.17, 15) is 9.90 Å². The van der Waals surface area contributed by atoms with Gasteiger partial charge in [0.15, 0.2) is 0 Å². The van der Waals surface area contributed by atoms with Gasteiger partial charge in [-0.05, 0) is 38.6 Å². The molecule has 1 N–H and O–H groups in total. The van der Waals surface area contributed by atoms with E-state index in [-0.39, 0.29) is 0 Å². The monoisotopic (exact) mass is 315 g/mol. The van der Waals surface area contributed by atoms with Crippen molar-refractivity contribution in [1.29, 1.82) is 0 Å². The zero-order valence-electron chi connectivity index (χ0n) is 13.2. The second-order valence-corrected chi connectivity index (χ2v) is 13.7. The molecule has 0 saturated heterocycles. The summed E-state index contributed by atoms with van der Waals surface area (Å²) in [5, 5.41) is 12.3. The van der Waals surface area contributed by atoms with E-state index in [0.29, 0.717) is 5.69 Å². The quantitative estimate of drug-likeness (QED) is 0.624. The standard InChI is InChI=1S/C14H25NO3SSi/c1-14(2,3)18-15(13(16)17)11-7-9-19-12(11)8-10-20(4,5)6/h7,9H,8,10H2,1-6H3,(H,16,17). The molecule has 20 heavy (non-hydrogen) atoms.